The molecule has 2 aromatic rings. The summed E-state index contributed by atoms with van der Waals surface area (Å²) in [5.74, 6) is 0.360. The van der Waals surface area contributed by atoms with E-state index in [9.17, 15) is 9.65 Å². The van der Waals surface area contributed by atoms with E-state index in [0.717, 1.165) is 24.3 Å². The second kappa shape index (κ2) is 7.85. The van der Waals surface area contributed by atoms with Gasteiger partial charge in [0.05, 0.1) is 18.8 Å². The Morgan fingerprint density at radius 3 is 2.64 bits per heavy atom. The first-order valence-electron chi connectivity index (χ1n) is 8.52. The average molecular weight is 336 g/mol. The zero-order valence-corrected chi connectivity index (χ0v) is 14.3. The second-order valence-electron chi connectivity index (χ2n) is 6.15. The van der Waals surface area contributed by atoms with Gasteiger partial charge >= 0.3 is 0 Å². The number of anilines is 1. The van der Waals surface area contributed by atoms with Crippen LogP contribution in [0.2, 0.25) is 0 Å². The van der Waals surface area contributed by atoms with Gasteiger partial charge in [0.1, 0.15) is 11.6 Å². The smallest absolute Gasteiger partial charge is 0.128 e. The molecule has 0 atom stereocenters. The minimum atomic E-state index is -0.355. The van der Waals surface area contributed by atoms with Gasteiger partial charge in [-0.1, -0.05) is 12.1 Å². The van der Waals surface area contributed by atoms with Crippen LogP contribution in [-0.2, 0) is 0 Å². The summed E-state index contributed by atoms with van der Waals surface area (Å²) in [4.78, 5) is 2.36. The maximum atomic E-state index is 13.4. The molecule has 128 valence electrons. The topological polar surface area (TPSA) is 36.3 Å². The lowest BCUT2D eigenvalue weighted by Crippen LogP contribution is -2.29. The van der Waals surface area contributed by atoms with Gasteiger partial charge in [0.25, 0.3) is 0 Å². The zero-order chi connectivity index (χ0) is 17.6. The molecule has 3 nitrogen and oxygen atoms in total. The molecule has 2 aromatic carbocycles. The predicted molar refractivity (Wildman–Crippen MR) is 98.9 cm³/mol. The quantitative estimate of drug-likeness (QED) is 0.589. The van der Waals surface area contributed by atoms with Crippen molar-refractivity contribution in [2.24, 2.45) is 0 Å². The summed E-state index contributed by atoms with van der Waals surface area (Å²) in [6.45, 7) is 2.12. The number of methoxy groups -OCH3 is 1. The molecule has 1 fully saturated rings. The molecule has 0 saturated carbocycles. The Hall–Kier alpha value is -2.80. The highest BCUT2D eigenvalue weighted by Gasteiger charge is 2.13. The molecule has 0 spiro atoms. The Bertz CT molecular complexity index is 817. The highest BCUT2D eigenvalue weighted by Crippen LogP contribution is 2.30. The molecule has 3 rings (SSSR count). The third-order valence-electron chi connectivity index (χ3n) is 4.49. The Labute approximate surface area is 148 Å². The minimum Gasteiger partial charge on any atom is -0.496 e. The van der Waals surface area contributed by atoms with Gasteiger partial charge < -0.3 is 9.64 Å². The van der Waals surface area contributed by atoms with Gasteiger partial charge in [0.15, 0.2) is 0 Å². The average Bonchev–Trinajstić information content (AvgIpc) is 2.66. The molecule has 0 N–H and O–H groups in total. The van der Waals surface area contributed by atoms with E-state index in [1.165, 1.54) is 31.4 Å². The van der Waals surface area contributed by atoms with Crippen molar-refractivity contribution in [2.45, 2.75) is 19.3 Å². The first-order valence-corrected chi connectivity index (χ1v) is 8.52. The number of nitriles is 1. The summed E-state index contributed by atoms with van der Waals surface area (Å²) in [5.41, 5.74) is 2.91. The second-order valence-corrected chi connectivity index (χ2v) is 6.15. The lowest BCUT2D eigenvalue weighted by molar-refractivity contribution is 0.413. The van der Waals surface area contributed by atoms with Gasteiger partial charge in [-0.15, -0.1) is 0 Å². The molecule has 0 aliphatic carbocycles. The molecule has 0 aromatic heterocycles. The lowest BCUT2D eigenvalue weighted by Gasteiger charge is -2.29. The van der Waals surface area contributed by atoms with Crippen LogP contribution in [0.4, 0.5) is 10.1 Å². The van der Waals surface area contributed by atoms with Crippen LogP contribution in [0, 0.1) is 17.1 Å². The van der Waals surface area contributed by atoms with Crippen LogP contribution in [0.3, 0.4) is 0 Å². The minimum absolute atomic E-state index is 0.355. The normalized spacial score (nSPS) is 14.9. The molecule has 1 aliphatic rings. The monoisotopic (exact) mass is 336 g/mol. The van der Waals surface area contributed by atoms with E-state index < -0.39 is 0 Å². The Morgan fingerprint density at radius 2 is 1.96 bits per heavy atom. The van der Waals surface area contributed by atoms with Gasteiger partial charge in [-0.25, -0.2) is 4.39 Å². The molecular formula is C21H21FN2O. The highest BCUT2D eigenvalue weighted by atomic mass is 19.1. The molecular weight excluding hydrogens is 315 g/mol. The van der Waals surface area contributed by atoms with Crippen molar-refractivity contribution in [2.75, 3.05) is 25.1 Å². The standard InChI is InChI=1S/C21H21FN2O/c1-25-21-14-20(24-10-3-2-4-11-24)9-8-17(21)12-18(15-23)16-6-5-7-19(22)13-16/h5-9,12-14H,2-4,10-11H2,1H3/b18-12-. The summed E-state index contributed by atoms with van der Waals surface area (Å²) in [6.07, 6.45) is 5.45. The van der Waals surface area contributed by atoms with Gasteiger partial charge in [-0.2, -0.15) is 5.26 Å². The summed E-state index contributed by atoms with van der Waals surface area (Å²) in [6, 6.07) is 14.2. The number of halogens is 1. The molecule has 0 bridgehead atoms. The van der Waals surface area contributed by atoms with E-state index in [0.29, 0.717) is 16.9 Å². The van der Waals surface area contributed by atoms with Crippen LogP contribution in [0.1, 0.15) is 30.4 Å². The number of benzene rings is 2. The highest BCUT2D eigenvalue weighted by molar-refractivity contribution is 5.91. The summed E-state index contributed by atoms with van der Waals surface area (Å²) < 4.78 is 19.0. The van der Waals surface area contributed by atoms with Crippen LogP contribution in [0.25, 0.3) is 11.6 Å². The maximum absolute atomic E-state index is 13.4. The number of allylic oxidation sites excluding steroid dienone is 1. The number of hydrogen-bond donors (Lipinski definition) is 0. The van der Waals surface area contributed by atoms with Crippen molar-refractivity contribution >= 4 is 17.3 Å². The van der Waals surface area contributed by atoms with E-state index in [2.05, 4.69) is 17.0 Å². The van der Waals surface area contributed by atoms with Crippen molar-refractivity contribution in [3.63, 3.8) is 0 Å². The SMILES string of the molecule is COc1cc(N2CCCCC2)ccc1/C=C(/C#N)c1cccc(F)c1. The molecule has 0 amide bonds. The first kappa shape index (κ1) is 17.0. The Balaban J connectivity index is 1.94. The third-order valence-corrected chi connectivity index (χ3v) is 4.49. The van der Waals surface area contributed by atoms with E-state index in [1.807, 2.05) is 12.1 Å². The summed E-state index contributed by atoms with van der Waals surface area (Å²) in [7, 11) is 1.63. The Morgan fingerprint density at radius 1 is 1.16 bits per heavy atom. The lowest BCUT2D eigenvalue weighted by atomic mass is 10.0. The van der Waals surface area contributed by atoms with E-state index in [1.54, 1.807) is 25.3 Å². The molecule has 4 heteroatoms. The van der Waals surface area contributed by atoms with Crippen LogP contribution in [-0.4, -0.2) is 20.2 Å². The fourth-order valence-corrected chi connectivity index (χ4v) is 3.16. The van der Waals surface area contributed by atoms with Crippen molar-refractivity contribution in [3.05, 3.63) is 59.4 Å². The Kier molecular flexibility index (Phi) is 5.35. The molecule has 1 saturated heterocycles. The molecule has 0 radical (unpaired) electrons. The van der Waals surface area contributed by atoms with Crippen molar-refractivity contribution in [1.82, 2.24) is 0 Å². The van der Waals surface area contributed by atoms with Gasteiger partial charge in [0.2, 0.25) is 0 Å². The van der Waals surface area contributed by atoms with E-state index in [4.69, 9.17) is 4.74 Å². The van der Waals surface area contributed by atoms with Crippen molar-refractivity contribution in [3.8, 4) is 11.8 Å². The zero-order valence-electron chi connectivity index (χ0n) is 14.3. The number of ether oxygens (including phenoxy) is 1. The fraction of sp³-hybridized carbons (Fsp3) is 0.286. The molecule has 1 heterocycles. The largest absolute Gasteiger partial charge is 0.496 e. The van der Waals surface area contributed by atoms with Crippen molar-refractivity contribution in [1.29, 1.82) is 5.26 Å². The maximum Gasteiger partial charge on any atom is 0.128 e. The van der Waals surface area contributed by atoms with Gasteiger partial charge in [-0.3, -0.25) is 0 Å². The van der Waals surface area contributed by atoms with E-state index >= 15 is 0 Å². The predicted octanol–water partition coefficient (Wildman–Crippen LogP) is 4.89. The number of rotatable bonds is 4. The van der Waals surface area contributed by atoms with Crippen LogP contribution < -0.4 is 9.64 Å². The molecule has 0 unspecified atom stereocenters. The number of nitrogens with zero attached hydrogens (tertiary/aromatic N) is 2. The fourth-order valence-electron chi connectivity index (χ4n) is 3.16. The number of piperidine rings is 1. The van der Waals surface area contributed by atoms with Gasteiger partial charge in [0, 0.05) is 30.4 Å². The van der Waals surface area contributed by atoms with Crippen LogP contribution in [0.5, 0.6) is 5.75 Å². The van der Waals surface area contributed by atoms with Crippen LogP contribution >= 0.6 is 0 Å². The number of hydrogen-bond acceptors (Lipinski definition) is 3. The van der Waals surface area contributed by atoms with Crippen LogP contribution in [0.15, 0.2) is 42.5 Å². The molecule has 1 aliphatic heterocycles. The first-order chi connectivity index (χ1) is 12.2. The molecule has 25 heavy (non-hydrogen) atoms. The summed E-state index contributed by atoms with van der Waals surface area (Å²) >= 11 is 0. The summed E-state index contributed by atoms with van der Waals surface area (Å²) in [5, 5.41) is 9.46. The van der Waals surface area contributed by atoms with E-state index in [-0.39, 0.29) is 5.82 Å². The van der Waals surface area contributed by atoms with Crippen molar-refractivity contribution < 1.29 is 9.13 Å². The third kappa shape index (κ3) is 4.00. The van der Waals surface area contributed by atoms with Gasteiger partial charge in [-0.05, 0) is 55.2 Å².